The minimum Gasteiger partial charge on any atom is -0.380 e. The number of carbonyl (C=O) groups is 1. The highest BCUT2D eigenvalue weighted by Gasteiger charge is 2.07. The lowest BCUT2D eigenvalue weighted by atomic mass is 10.1. The molecule has 0 fully saturated rings. The predicted molar refractivity (Wildman–Crippen MR) is 98.1 cm³/mol. The molecule has 5 heteroatoms. The van der Waals surface area contributed by atoms with Gasteiger partial charge in [0.25, 0.3) is 5.91 Å². The Morgan fingerprint density at radius 3 is 2.48 bits per heavy atom. The topological polar surface area (TPSA) is 66.9 Å². The Hall–Kier alpha value is -3.21. The monoisotopic (exact) mass is 332 g/mol. The first kappa shape index (κ1) is 16.6. The van der Waals surface area contributed by atoms with Crippen LogP contribution in [0.15, 0.2) is 67.0 Å². The lowest BCUT2D eigenvalue weighted by Gasteiger charge is -2.08. The van der Waals surface area contributed by atoms with Crippen LogP contribution < -0.4 is 10.6 Å². The summed E-state index contributed by atoms with van der Waals surface area (Å²) in [6.45, 7) is 3.17. The van der Waals surface area contributed by atoms with Crippen LogP contribution in [-0.2, 0) is 13.1 Å². The molecule has 3 rings (SSSR count). The van der Waals surface area contributed by atoms with E-state index in [9.17, 15) is 4.79 Å². The number of amides is 1. The van der Waals surface area contributed by atoms with Gasteiger partial charge >= 0.3 is 0 Å². The van der Waals surface area contributed by atoms with Crippen molar-refractivity contribution in [2.24, 2.45) is 0 Å². The molecule has 3 aromatic rings. The first-order valence-corrected chi connectivity index (χ1v) is 8.14. The number of nitrogens with zero attached hydrogens (tertiary/aromatic N) is 2. The van der Waals surface area contributed by atoms with Crippen LogP contribution in [-0.4, -0.2) is 15.9 Å². The third kappa shape index (κ3) is 4.88. The molecule has 0 aliphatic carbocycles. The Morgan fingerprint density at radius 2 is 1.80 bits per heavy atom. The summed E-state index contributed by atoms with van der Waals surface area (Å²) in [5, 5.41) is 6.11. The van der Waals surface area contributed by atoms with Gasteiger partial charge in [-0.25, -0.2) is 4.98 Å². The van der Waals surface area contributed by atoms with Gasteiger partial charge in [0.15, 0.2) is 0 Å². The third-order valence-corrected chi connectivity index (χ3v) is 3.77. The highest BCUT2D eigenvalue weighted by Crippen LogP contribution is 2.10. The number of carbonyl (C=O) groups excluding carboxylic acids is 1. The molecule has 0 unspecified atom stereocenters. The molecular weight excluding hydrogens is 312 g/mol. The number of aromatic nitrogens is 2. The zero-order valence-corrected chi connectivity index (χ0v) is 14.1. The smallest absolute Gasteiger partial charge is 0.270 e. The zero-order valence-electron chi connectivity index (χ0n) is 14.1. The molecule has 5 nitrogen and oxygen atoms in total. The SMILES string of the molecule is Cc1ccc(CNc2ccc(C(=O)NCc3ccccn3)nc2)cc1. The number of hydrogen-bond acceptors (Lipinski definition) is 4. The van der Waals surface area contributed by atoms with Gasteiger partial charge in [-0.15, -0.1) is 0 Å². The fourth-order valence-electron chi connectivity index (χ4n) is 2.31. The molecule has 1 aromatic carbocycles. The van der Waals surface area contributed by atoms with Crippen LogP contribution in [0.4, 0.5) is 5.69 Å². The Labute approximate surface area is 147 Å². The van der Waals surface area contributed by atoms with Crippen molar-refractivity contribution in [1.29, 1.82) is 0 Å². The Bertz CT molecular complexity index is 815. The second-order valence-corrected chi connectivity index (χ2v) is 5.78. The lowest BCUT2D eigenvalue weighted by Crippen LogP contribution is -2.24. The predicted octanol–water partition coefficient (Wildman–Crippen LogP) is 3.33. The number of benzene rings is 1. The van der Waals surface area contributed by atoms with Crippen molar-refractivity contribution in [3.8, 4) is 0 Å². The molecule has 0 aliphatic rings. The van der Waals surface area contributed by atoms with E-state index in [1.165, 1.54) is 11.1 Å². The minimum atomic E-state index is -0.212. The molecule has 0 saturated heterocycles. The van der Waals surface area contributed by atoms with Crippen molar-refractivity contribution in [2.45, 2.75) is 20.0 Å². The summed E-state index contributed by atoms with van der Waals surface area (Å²) < 4.78 is 0. The number of aryl methyl sites for hydroxylation is 1. The summed E-state index contributed by atoms with van der Waals surface area (Å²) in [5.74, 6) is -0.212. The molecule has 1 amide bonds. The van der Waals surface area contributed by atoms with Gasteiger partial charge in [-0.1, -0.05) is 35.9 Å². The molecule has 2 N–H and O–H groups in total. The van der Waals surface area contributed by atoms with Gasteiger partial charge in [-0.2, -0.15) is 0 Å². The Balaban J connectivity index is 1.52. The molecule has 0 aliphatic heterocycles. The van der Waals surface area contributed by atoms with Crippen molar-refractivity contribution in [3.05, 3.63) is 89.5 Å². The average molecular weight is 332 g/mol. The summed E-state index contributed by atoms with van der Waals surface area (Å²) in [5.41, 5.74) is 4.51. The van der Waals surface area contributed by atoms with Crippen molar-refractivity contribution in [1.82, 2.24) is 15.3 Å². The Morgan fingerprint density at radius 1 is 0.960 bits per heavy atom. The average Bonchev–Trinajstić information content (AvgIpc) is 2.67. The second-order valence-electron chi connectivity index (χ2n) is 5.78. The Kier molecular flexibility index (Phi) is 5.36. The van der Waals surface area contributed by atoms with Crippen molar-refractivity contribution < 1.29 is 4.79 Å². The van der Waals surface area contributed by atoms with Crippen LogP contribution in [0.3, 0.4) is 0 Å². The van der Waals surface area contributed by atoms with Crippen molar-refractivity contribution in [2.75, 3.05) is 5.32 Å². The van der Waals surface area contributed by atoms with Crippen LogP contribution in [0.1, 0.15) is 27.3 Å². The standard InChI is InChI=1S/C20H20N4O/c1-15-5-7-16(8-6-15)12-22-18-9-10-19(23-13-18)20(25)24-14-17-4-2-3-11-21-17/h2-11,13,22H,12,14H2,1H3,(H,24,25). The van der Waals surface area contributed by atoms with Crippen molar-refractivity contribution >= 4 is 11.6 Å². The van der Waals surface area contributed by atoms with E-state index in [0.29, 0.717) is 18.8 Å². The van der Waals surface area contributed by atoms with Gasteiger partial charge in [0.1, 0.15) is 5.69 Å². The van der Waals surface area contributed by atoms with E-state index in [1.54, 1.807) is 18.5 Å². The number of pyridine rings is 2. The highest BCUT2D eigenvalue weighted by atomic mass is 16.1. The van der Waals surface area contributed by atoms with E-state index in [4.69, 9.17) is 0 Å². The second kappa shape index (κ2) is 8.06. The van der Waals surface area contributed by atoms with E-state index in [2.05, 4.69) is 51.8 Å². The van der Waals surface area contributed by atoms with Gasteiger partial charge in [-0.3, -0.25) is 9.78 Å². The number of rotatable bonds is 6. The molecule has 126 valence electrons. The van der Waals surface area contributed by atoms with Gasteiger partial charge in [0, 0.05) is 12.7 Å². The van der Waals surface area contributed by atoms with E-state index < -0.39 is 0 Å². The summed E-state index contributed by atoms with van der Waals surface area (Å²) >= 11 is 0. The van der Waals surface area contributed by atoms with Crippen molar-refractivity contribution in [3.63, 3.8) is 0 Å². The first-order chi connectivity index (χ1) is 12.2. The molecule has 2 aromatic heterocycles. The number of hydrogen-bond donors (Lipinski definition) is 2. The van der Waals surface area contributed by atoms with E-state index in [-0.39, 0.29) is 5.91 Å². The first-order valence-electron chi connectivity index (χ1n) is 8.14. The van der Waals surface area contributed by atoms with Crippen LogP contribution in [0.25, 0.3) is 0 Å². The molecule has 0 spiro atoms. The van der Waals surface area contributed by atoms with Crippen LogP contribution in [0.5, 0.6) is 0 Å². The van der Waals surface area contributed by atoms with Gasteiger partial charge in [0.05, 0.1) is 24.1 Å². The third-order valence-electron chi connectivity index (χ3n) is 3.77. The maximum Gasteiger partial charge on any atom is 0.270 e. The minimum absolute atomic E-state index is 0.212. The molecule has 0 atom stereocenters. The van der Waals surface area contributed by atoms with Crippen LogP contribution in [0.2, 0.25) is 0 Å². The van der Waals surface area contributed by atoms with E-state index in [1.807, 2.05) is 24.3 Å². The summed E-state index contributed by atoms with van der Waals surface area (Å²) in [4.78, 5) is 20.5. The van der Waals surface area contributed by atoms with Crippen LogP contribution >= 0.6 is 0 Å². The molecule has 0 bridgehead atoms. The molecule has 2 heterocycles. The van der Waals surface area contributed by atoms with Gasteiger partial charge in [-0.05, 0) is 36.8 Å². The van der Waals surface area contributed by atoms with Crippen LogP contribution in [0, 0.1) is 6.92 Å². The highest BCUT2D eigenvalue weighted by molar-refractivity contribution is 5.92. The number of nitrogens with one attached hydrogen (secondary N) is 2. The maximum atomic E-state index is 12.1. The quantitative estimate of drug-likeness (QED) is 0.726. The zero-order chi connectivity index (χ0) is 17.5. The van der Waals surface area contributed by atoms with E-state index in [0.717, 1.165) is 11.4 Å². The molecule has 25 heavy (non-hydrogen) atoms. The largest absolute Gasteiger partial charge is 0.380 e. The number of anilines is 1. The van der Waals surface area contributed by atoms with E-state index >= 15 is 0 Å². The summed E-state index contributed by atoms with van der Waals surface area (Å²) in [7, 11) is 0. The summed E-state index contributed by atoms with van der Waals surface area (Å²) in [6, 6.07) is 17.5. The fraction of sp³-hybridized carbons (Fsp3) is 0.150. The normalized spacial score (nSPS) is 10.3. The maximum absolute atomic E-state index is 12.1. The molecular formula is C20H20N4O. The fourth-order valence-corrected chi connectivity index (χ4v) is 2.31. The van der Waals surface area contributed by atoms with Gasteiger partial charge in [0.2, 0.25) is 0 Å². The molecule has 0 saturated carbocycles. The molecule has 0 radical (unpaired) electrons. The summed E-state index contributed by atoms with van der Waals surface area (Å²) in [6.07, 6.45) is 3.37. The lowest BCUT2D eigenvalue weighted by molar-refractivity contribution is 0.0945. The van der Waals surface area contributed by atoms with Gasteiger partial charge < -0.3 is 10.6 Å².